The third-order valence-electron chi connectivity index (χ3n) is 5.29. The first-order chi connectivity index (χ1) is 15.3. The highest BCUT2D eigenvalue weighted by atomic mass is 16.5. The fourth-order valence-electron chi connectivity index (χ4n) is 3.67. The summed E-state index contributed by atoms with van der Waals surface area (Å²) in [4.78, 5) is 61.3. The van der Waals surface area contributed by atoms with Crippen molar-refractivity contribution in [3.8, 4) is 0 Å². The van der Waals surface area contributed by atoms with E-state index in [0.717, 1.165) is 4.90 Å². The molecule has 0 aliphatic carbocycles. The predicted octanol–water partition coefficient (Wildman–Crippen LogP) is -0.942. The van der Waals surface area contributed by atoms with Crippen molar-refractivity contribution in [2.45, 2.75) is 44.3 Å². The fourth-order valence-corrected chi connectivity index (χ4v) is 3.67. The van der Waals surface area contributed by atoms with E-state index in [2.05, 4.69) is 16.0 Å². The lowest BCUT2D eigenvalue weighted by atomic mass is 9.72. The molecule has 0 saturated carbocycles. The van der Waals surface area contributed by atoms with E-state index in [4.69, 9.17) is 4.65 Å². The monoisotopic (exact) mass is 444 g/mol. The van der Waals surface area contributed by atoms with Crippen molar-refractivity contribution in [3.63, 3.8) is 0 Å². The van der Waals surface area contributed by atoms with E-state index in [-0.39, 0.29) is 25.3 Å². The maximum atomic E-state index is 13.1. The van der Waals surface area contributed by atoms with E-state index in [1.54, 1.807) is 30.3 Å². The second-order valence-corrected chi connectivity index (χ2v) is 7.75. The molecule has 4 N–H and O–H groups in total. The number of hydrogen-bond donors (Lipinski definition) is 4. The van der Waals surface area contributed by atoms with Gasteiger partial charge in [0.25, 0.3) is 0 Å². The van der Waals surface area contributed by atoms with Crippen molar-refractivity contribution < 1.29 is 33.7 Å². The topological polar surface area (TPSA) is 154 Å². The Balaban J connectivity index is 1.70. The van der Waals surface area contributed by atoms with Gasteiger partial charge in [0.15, 0.2) is 0 Å². The van der Waals surface area contributed by atoms with Gasteiger partial charge in [0.2, 0.25) is 5.91 Å². The summed E-state index contributed by atoms with van der Waals surface area (Å²) in [7, 11) is -1.31. The third-order valence-corrected chi connectivity index (χ3v) is 5.29. The summed E-state index contributed by atoms with van der Waals surface area (Å²) in [6.07, 6.45) is 0.612. The number of piperazine rings is 1. The van der Waals surface area contributed by atoms with Gasteiger partial charge in [-0.3, -0.25) is 24.1 Å². The molecule has 2 heterocycles. The smallest absolute Gasteiger partial charge is 0.426 e. The van der Waals surface area contributed by atoms with Crippen LogP contribution in [0.5, 0.6) is 0 Å². The normalized spacial score (nSPS) is 22.1. The standard InChI is InChI=1S/C20H25BN4O7/c1-12(26)11-14-7-8-15(21(31)32-14)23-17(27)16(13-5-3-2-4-6-13)24-20(30)25-10-9-22-18(28)19(25)29/h2-6,14-16,31H,7-11H2,1H3,(H,22,28)(H,23,27)(H,24,30)/t14-,15-,16+/m0/s1. The molecule has 1 aromatic rings. The lowest BCUT2D eigenvalue weighted by Gasteiger charge is -2.32. The minimum Gasteiger partial charge on any atom is -0.426 e. The number of imide groups is 1. The fraction of sp³-hybridized carbons (Fsp3) is 0.450. The number of nitrogens with one attached hydrogen (secondary N) is 3. The van der Waals surface area contributed by atoms with Crippen molar-refractivity contribution in [1.82, 2.24) is 20.9 Å². The Morgan fingerprint density at radius 3 is 2.62 bits per heavy atom. The Hall–Kier alpha value is -3.25. The quantitative estimate of drug-likeness (QED) is 0.326. The summed E-state index contributed by atoms with van der Waals surface area (Å²) in [5.41, 5.74) is 0.452. The third kappa shape index (κ3) is 5.71. The summed E-state index contributed by atoms with van der Waals surface area (Å²) in [5, 5.41) is 17.8. The molecule has 32 heavy (non-hydrogen) atoms. The average molecular weight is 444 g/mol. The number of urea groups is 1. The van der Waals surface area contributed by atoms with Gasteiger partial charge in [-0.1, -0.05) is 30.3 Å². The van der Waals surface area contributed by atoms with Gasteiger partial charge in [-0.2, -0.15) is 0 Å². The van der Waals surface area contributed by atoms with Crippen molar-refractivity contribution in [2.24, 2.45) is 0 Å². The van der Waals surface area contributed by atoms with Crippen LogP contribution in [0, 0.1) is 0 Å². The molecule has 2 aliphatic heterocycles. The molecular formula is C20H25BN4O7. The van der Waals surface area contributed by atoms with Gasteiger partial charge < -0.3 is 25.6 Å². The number of benzene rings is 1. The van der Waals surface area contributed by atoms with Crippen molar-refractivity contribution in [2.75, 3.05) is 13.1 Å². The molecule has 170 valence electrons. The average Bonchev–Trinajstić information content (AvgIpc) is 2.75. The highest BCUT2D eigenvalue weighted by Gasteiger charge is 2.39. The first-order valence-corrected chi connectivity index (χ1v) is 10.3. The molecule has 2 fully saturated rings. The second kappa shape index (κ2) is 10.4. The zero-order valence-electron chi connectivity index (χ0n) is 17.6. The predicted molar refractivity (Wildman–Crippen MR) is 112 cm³/mol. The minimum absolute atomic E-state index is 0.0216. The summed E-state index contributed by atoms with van der Waals surface area (Å²) in [6.45, 7) is 1.53. The van der Waals surface area contributed by atoms with Gasteiger partial charge in [-0.25, -0.2) is 4.79 Å². The Labute approximate surface area is 185 Å². The van der Waals surface area contributed by atoms with Gasteiger partial charge in [0.05, 0.1) is 5.94 Å². The number of ketones is 1. The van der Waals surface area contributed by atoms with Gasteiger partial charge >= 0.3 is 25.0 Å². The Kier molecular flexibility index (Phi) is 7.59. The maximum absolute atomic E-state index is 13.1. The van der Waals surface area contributed by atoms with E-state index >= 15 is 0 Å². The van der Waals surface area contributed by atoms with Crippen LogP contribution in [0.4, 0.5) is 4.79 Å². The Morgan fingerprint density at radius 2 is 1.97 bits per heavy atom. The number of carbonyl (C=O) groups is 5. The van der Waals surface area contributed by atoms with Crippen LogP contribution in [0.3, 0.4) is 0 Å². The molecule has 0 spiro atoms. The van der Waals surface area contributed by atoms with E-state index in [1.165, 1.54) is 6.92 Å². The van der Waals surface area contributed by atoms with Crippen molar-refractivity contribution in [3.05, 3.63) is 35.9 Å². The van der Waals surface area contributed by atoms with E-state index in [1.807, 2.05) is 0 Å². The lowest BCUT2D eigenvalue weighted by molar-refractivity contribution is -0.146. The molecule has 2 aliphatic rings. The van der Waals surface area contributed by atoms with Gasteiger partial charge in [0, 0.05) is 25.6 Å². The molecule has 0 aromatic heterocycles. The molecule has 2 saturated heterocycles. The van der Waals surface area contributed by atoms with Crippen LogP contribution in [-0.2, 0) is 23.8 Å². The SMILES string of the molecule is CC(=O)C[C@@H]1CC[C@H](NC(=O)[C@H](NC(=O)N2CCNC(=O)C2=O)c2ccccc2)B(O)O1. The van der Waals surface area contributed by atoms with Crippen molar-refractivity contribution >= 4 is 36.7 Å². The zero-order chi connectivity index (χ0) is 23.3. The highest BCUT2D eigenvalue weighted by molar-refractivity contribution is 6.45. The van der Waals surface area contributed by atoms with Crippen molar-refractivity contribution in [1.29, 1.82) is 0 Å². The van der Waals surface area contributed by atoms with Crippen LogP contribution in [-0.4, -0.2) is 71.7 Å². The van der Waals surface area contributed by atoms with Crippen LogP contribution >= 0.6 is 0 Å². The largest absolute Gasteiger partial charge is 0.478 e. The number of carbonyl (C=O) groups excluding carboxylic acids is 5. The number of Topliss-reactive ketones (excluding diaryl/α,β-unsaturated/α-hetero) is 1. The summed E-state index contributed by atoms with van der Waals surface area (Å²) in [6, 6.07) is 6.32. The second-order valence-electron chi connectivity index (χ2n) is 7.75. The molecule has 12 heteroatoms. The molecule has 0 radical (unpaired) electrons. The van der Waals surface area contributed by atoms with Crippen LogP contribution < -0.4 is 16.0 Å². The number of hydrogen-bond acceptors (Lipinski definition) is 7. The molecule has 1 aromatic carbocycles. The Morgan fingerprint density at radius 1 is 1.25 bits per heavy atom. The number of nitrogens with zero attached hydrogens (tertiary/aromatic N) is 1. The van der Waals surface area contributed by atoms with Crippen LogP contribution in [0.15, 0.2) is 30.3 Å². The number of amides is 5. The van der Waals surface area contributed by atoms with Gasteiger partial charge in [-0.15, -0.1) is 0 Å². The first-order valence-electron chi connectivity index (χ1n) is 10.3. The van der Waals surface area contributed by atoms with Gasteiger partial charge in [-0.05, 0) is 25.3 Å². The Bertz CT molecular complexity index is 897. The molecule has 11 nitrogen and oxygen atoms in total. The summed E-state index contributed by atoms with van der Waals surface area (Å²) >= 11 is 0. The maximum Gasteiger partial charge on any atom is 0.478 e. The molecular weight excluding hydrogens is 419 g/mol. The van der Waals surface area contributed by atoms with Crippen LogP contribution in [0.1, 0.15) is 37.8 Å². The molecule has 5 amide bonds. The minimum atomic E-state index is -1.31. The van der Waals surface area contributed by atoms with Crippen LogP contribution in [0.2, 0.25) is 0 Å². The van der Waals surface area contributed by atoms with Gasteiger partial charge in [0.1, 0.15) is 11.8 Å². The molecule has 3 rings (SSSR count). The van der Waals surface area contributed by atoms with E-state index < -0.39 is 49.0 Å². The molecule has 0 unspecified atom stereocenters. The zero-order valence-corrected chi connectivity index (χ0v) is 17.6. The summed E-state index contributed by atoms with van der Waals surface area (Å²) in [5.74, 6) is -3.31. The number of rotatable bonds is 6. The lowest BCUT2D eigenvalue weighted by Crippen LogP contribution is -2.59. The molecule has 0 bridgehead atoms. The summed E-state index contributed by atoms with van der Waals surface area (Å²) < 4.78 is 5.43. The first kappa shape index (κ1) is 23.4. The van der Waals surface area contributed by atoms with E-state index in [0.29, 0.717) is 18.4 Å². The van der Waals surface area contributed by atoms with Crippen LogP contribution in [0.25, 0.3) is 0 Å². The molecule has 3 atom stereocenters. The van der Waals surface area contributed by atoms with E-state index in [9.17, 15) is 29.0 Å². The highest BCUT2D eigenvalue weighted by Crippen LogP contribution is 2.20.